The van der Waals surface area contributed by atoms with Crippen molar-refractivity contribution >= 4 is 0 Å². The number of hydrogen-bond acceptors (Lipinski definition) is 0. The fourth-order valence-corrected chi connectivity index (χ4v) is 3.34. The molecule has 131 valence electrons. The Hall–Kier alpha value is -0.820. The third-order valence-electron chi connectivity index (χ3n) is 4.70. The van der Waals surface area contributed by atoms with E-state index in [0.29, 0.717) is 0 Å². The van der Waals surface area contributed by atoms with Gasteiger partial charge in [0.1, 0.15) is 6.10 Å². The Morgan fingerprint density at radius 3 is 1.65 bits per heavy atom. The van der Waals surface area contributed by atoms with Gasteiger partial charge in [0.15, 0.2) is 0 Å². The van der Waals surface area contributed by atoms with Gasteiger partial charge in [0.25, 0.3) is 0 Å². The SMILES string of the molecule is CCCCc1cc(CCCC)c(C([O])CCC)c(CCCC)c1. The molecule has 0 saturated heterocycles. The first-order valence-corrected chi connectivity index (χ1v) is 9.98. The highest BCUT2D eigenvalue weighted by Gasteiger charge is 2.18. The van der Waals surface area contributed by atoms with Crippen LogP contribution >= 0.6 is 0 Å². The summed E-state index contributed by atoms with van der Waals surface area (Å²) in [6.45, 7) is 8.84. The summed E-state index contributed by atoms with van der Waals surface area (Å²) in [5, 5.41) is 12.8. The average molecular weight is 318 g/mol. The summed E-state index contributed by atoms with van der Waals surface area (Å²) >= 11 is 0. The molecule has 1 aromatic rings. The zero-order valence-corrected chi connectivity index (χ0v) is 15.9. The van der Waals surface area contributed by atoms with Crippen molar-refractivity contribution in [2.45, 2.75) is 104 Å². The first-order valence-electron chi connectivity index (χ1n) is 9.98. The lowest BCUT2D eigenvalue weighted by Crippen LogP contribution is -2.08. The fourth-order valence-electron chi connectivity index (χ4n) is 3.34. The van der Waals surface area contributed by atoms with E-state index in [-0.39, 0.29) is 0 Å². The van der Waals surface area contributed by atoms with Gasteiger partial charge in [-0.25, -0.2) is 5.11 Å². The van der Waals surface area contributed by atoms with Gasteiger partial charge in [-0.2, -0.15) is 0 Å². The van der Waals surface area contributed by atoms with E-state index < -0.39 is 6.10 Å². The van der Waals surface area contributed by atoms with E-state index in [0.717, 1.165) is 37.7 Å². The predicted octanol–water partition coefficient (Wildman–Crippen LogP) is 6.99. The van der Waals surface area contributed by atoms with Gasteiger partial charge in [-0.05, 0) is 67.2 Å². The van der Waals surface area contributed by atoms with Crippen LogP contribution in [0.1, 0.15) is 107 Å². The van der Waals surface area contributed by atoms with Crippen LogP contribution in [-0.4, -0.2) is 0 Å². The zero-order valence-electron chi connectivity index (χ0n) is 15.9. The van der Waals surface area contributed by atoms with E-state index in [1.54, 1.807) is 0 Å². The van der Waals surface area contributed by atoms with Crippen LogP contribution in [0, 0.1) is 0 Å². The van der Waals surface area contributed by atoms with Crippen LogP contribution in [0.25, 0.3) is 0 Å². The van der Waals surface area contributed by atoms with Gasteiger partial charge in [0, 0.05) is 0 Å². The molecule has 1 atom stereocenters. The highest BCUT2D eigenvalue weighted by Crippen LogP contribution is 2.31. The maximum Gasteiger partial charge on any atom is 0.118 e. The minimum absolute atomic E-state index is 0.529. The molecule has 0 bridgehead atoms. The minimum Gasteiger partial charge on any atom is -0.228 e. The lowest BCUT2D eigenvalue weighted by Gasteiger charge is -2.20. The molecule has 0 amide bonds. The first-order chi connectivity index (χ1) is 11.2. The summed E-state index contributed by atoms with van der Waals surface area (Å²) < 4.78 is 0. The summed E-state index contributed by atoms with van der Waals surface area (Å²) in [5.74, 6) is 0. The summed E-state index contributed by atoms with van der Waals surface area (Å²) in [7, 11) is 0. The number of rotatable bonds is 12. The highest BCUT2D eigenvalue weighted by molar-refractivity contribution is 5.41. The molecule has 0 aliphatic carbocycles. The molecule has 1 radical (unpaired) electrons. The Morgan fingerprint density at radius 1 is 0.739 bits per heavy atom. The second-order valence-corrected chi connectivity index (χ2v) is 6.92. The second-order valence-electron chi connectivity index (χ2n) is 6.92. The standard InChI is InChI=1S/C22H37O/c1-5-9-13-18-16-19(14-10-6-2)22(21(23)12-8-4)20(17-18)15-11-7-3/h16-17,21H,5-15H2,1-4H3. The van der Waals surface area contributed by atoms with E-state index in [9.17, 15) is 5.11 Å². The summed E-state index contributed by atoms with van der Waals surface area (Å²) in [4.78, 5) is 0. The van der Waals surface area contributed by atoms with Crippen molar-refractivity contribution in [1.29, 1.82) is 0 Å². The summed E-state index contributed by atoms with van der Waals surface area (Å²) in [6.07, 6.45) is 11.8. The Bertz CT molecular complexity index is 407. The maximum absolute atomic E-state index is 12.8. The number of unbranched alkanes of at least 4 members (excludes halogenated alkanes) is 3. The van der Waals surface area contributed by atoms with Gasteiger partial charge < -0.3 is 0 Å². The summed E-state index contributed by atoms with van der Waals surface area (Å²) in [6, 6.07) is 4.72. The van der Waals surface area contributed by atoms with Crippen LogP contribution in [0.2, 0.25) is 0 Å². The molecular weight excluding hydrogens is 280 g/mol. The lowest BCUT2D eigenvalue weighted by molar-refractivity contribution is 0.0789. The molecule has 0 N–H and O–H groups in total. The van der Waals surface area contributed by atoms with Crippen molar-refractivity contribution in [3.05, 3.63) is 34.4 Å². The van der Waals surface area contributed by atoms with Crippen LogP contribution in [0.4, 0.5) is 0 Å². The Morgan fingerprint density at radius 2 is 1.22 bits per heavy atom. The number of hydrogen-bond donors (Lipinski definition) is 0. The van der Waals surface area contributed by atoms with Crippen molar-refractivity contribution in [3.63, 3.8) is 0 Å². The normalized spacial score (nSPS) is 12.6. The number of aryl methyl sites for hydroxylation is 3. The quantitative estimate of drug-likeness (QED) is 0.396. The van der Waals surface area contributed by atoms with Gasteiger partial charge >= 0.3 is 0 Å². The van der Waals surface area contributed by atoms with Gasteiger partial charge in [0.05, 0.1) is 0 Å². The van der Waals surface area contributed by atoms with Crippen molar-refractivity contribution in [2.24, 2.45) is 0 Å². The van der Waals surface area contributed by atoms with Crippen LogP contribution < -0.4 is 0 Å². The lowest BCUT2D eigenvalue weighted by atomic mass is 9.86. The van der Waals surface area contributed by atoms with Crippen LogP contribution in [0.5, 0.6) is 0 Å². The van der Waals surface area contributed by atoms with Gasteiger partial charge in [-0.1, -0.05) is 65.5 Å². The van der Waals surface area contributed by atoms with Crippen LogP contribution in [-0.2, 0) is 24.4 Å². The molecule has 1 rings (SSSR count). The molecule has 0 spiro atoms. The van der Waals surface area contributed by atoms with Crippen molar-refractivity contribution in [1.82, 2.24) is 0 Å². The van der Waals surface area contributed by atoms with Crippen LogP contribution in [0.15, 0.2) is 12.1 Å². The average Bonchev–Trinajstić information content (AvgIpc) is 2.55. The van der Waals surface area contributed by atoms with Gasteiger partial charge in [-0.15, -0.1) is 0 Å². The van der Waals surface area contributed by atoms with Crippen LogP contribution in [0.3, 0.4) is 0 Å². The number of benzene rings is 1. The molecule has 0 aliphatic heterocycles. The van der Waals surface area contributed by atoms with E-state index in [1.807, 2.05) is 0 Å². The van der Waals surface area contributed by atoms with Gasteiger partial charge in [-0.3, -0.25) is 0 Å². The summed E-state index contributed by atoms with van der Waals surface area (Å²) in [5.41, 5.74) is 5.34. The van der Waals surface area contributed by atoms with E-state index in [4.69, 9.17) is 0 Å². The zero-order chi connectivity index (χ0) is 17.1. The molecule has 1 heteroatoms. The smallest absolute Gasteiger partial charge is 0.118 e. The molecule has 0 fully saturated rings. The third-order valence-corrected chi connectivity index (χ3v) is 4.70. The fraction of sp³-hybridized carbons (Fsp3) is 0.727. The van der Waals surface area contributed by atoms with Crippen molar-refractivity contribution in [3.8, 4) is 0 Å². The van der Waals surface area contributed by atoms with E-state index in [1.165, 1.54) is 55.2 Å². The predicted molar refractivity (Wildman–Crippen MR) is 101 cm³/mol. The molecular formula is C22H37O. The topological polar surface area (TPSA) is 19.9 Å². The minimum atomic E-state index is -0.529. The first kappa shape index (κ1) is 20.2. The molecule has 1 nitrogen and oxygen atoms in total. The monoisotopic (exact) mass is 317 g/mol. The van der Waals surface area contributed by atoms with Gasteiger partial charge in [0.2, 0.25) is 0 Å². The molecule has 0 aliphatic rings. The molecule has 1 unspecified atom stereocenters. The van der Waals surface area contributed by atoms with E-state index >= 15 is 0 Å². The second kappa shape index (κ2) is 11.7. The highest BCUT2D eigenvalue weighted by atomic mass is 16.3. The van der Waals surface area contributed by atoms with E-state index in [2.05, 4.69) is 39.8 Å². The molecule has 1 aromatic carbocycles. The van der Waals surface area contributed by atoms with Crippen molar-refractivity contribution in [2.75, 3.05) is 0 Å². The van der Waals surface area contributed by atoms with Crippen molar-refractivity contribution < 1.29 is 5.11 Å². The maximum atomic E-state index is 12.8. The molecule has 0 saturated carbocycles. The Balaban J connectivity index is 3.20. The Labute approximate surface area is 144 Å². The third kappa shape index (κ3) is 6.67. The Kier molecular flexibility index (Phi) is 10.3. The largest absolute Gasteiger partial charge is 0.228 e. The molecule has 23 heavy (non-hydrogen) atoms. The molecule has 0 aromatic heterocycles. The molecule has 0 heterocycles.